The molecule has 2 aliphatic carbocycles. The highest BCUT2D eigenvalue weighted by Crippen LogP contribution is 2.49. The lowest BCUT2D eigenvalue weighted by Gasteiger charge is -2.46. The first-order valence-corrected chi connectivity index (χ1v) is 11.4. The van der Waals surface area contributed by atoms with Crippen LogP contribution >= 0.6 is 0 Å². The van der Waals surface area contributed by atoms with Crippen LogP contribution in [0.1, 0.15) is 79.4 Å². The van der Waals surface area contributed by atoms with E-state index in [-0.39, 0.29) is 11.5 Å². The normalized spacial score (nSPS) is 30.2. The number of fused-ring (bicyclic) bond motifs is 4. The number of aryl methyl sites for hydroxylation is 2. The van der Waals surface area contributed by atoms with Crippen LogP contribution in [0, 0.1) is 18.8 Å². The van der Waals surface area contributed by atoms with Crippen molar-refractivity contribution in [2.45, 2.75) is 77.2 Å². The third kappa shape index (κ3) is 3.57. The minimum absolute atomic E-state index is 0.0737. The van der Waals surface area contributed by atoms with E-state index >= 15 is 0 Å². The summed E-state index contributed by atoms with van der Waals surface area (Å²) in [7, 11) is 1.76. The van der Waals surface area contributed by atoms with Gasteiger partial charge in [-0.1, -0.05) is 19.9 Å². The number of carbonyl (C=O) groups excluding carboxylic acids is 1. The second-order valence-corrected chi connectivity index (χ2v) is 9.83. The summed E-state index contributed by atoms with van der Waals surface area (Å²) in [5, 5.41) is 0. The molecule has 3 nitrogen and oxygen atoms in total. The van der Waals surface area contributed by atoms with E-state index in [1.807, 2.05) is 0 Å². The first-order valence-electron chi connectivity index (χ1n) is 11.4. The third-order valence-corrected chi connectivity index (χ3v) is 7.87. The summed E-state index contributed by atoms with van der Waals surface area (Å²) in [4.78, 5) is 16.3. The molecule has 0 aromatic heterocycles. The van der Waals surface area contributed by atoms with Crippen molar-refractivity contribution in [1.82, 2.24) is 4.90 Å². The van der Waals surface area contributed by atoms with Crippen LogP contribution in [0.25, 0.3) is 0 Å². The molecule has 1 aliphatic heterocycles. The second-order valence-electron chi connectivity index (χ2n) is 9.83. The maximum Gasteiger partial charge on any atom is 0.180 e. The van der Waals surface area contributed by atoms with Gasteiger partial charge in [-0.3, -0.25) is 9.69 Å². The smallest absolute Gasteiger partial charge is 0.180 e. The van der Waals surface area contributed by atoms with Crippen LogP contribution in [0.15, 0.2) is 12.1 Å². The number of unbranched alkanes of at least 4 members (excludes halogenated alkanes) is 1. The van der Waals surface area contributed by atoms with Crippen LogP contribution < -0.4 is 0 Å². The Labute approximate surface area is 170 Å². The number of nitrogens with zero attached hydrogens (tertiary/aromatic N) is 1. The lowest BCUT2D eigenvalue weighted by Crippen LogP contribution is -2.54. The minimum atomic E-state index is 0.0737. The SMILES string of the molecule is COCCCCc1cc2c(cc1C)[C@]1(C)CCCN(CC3CC3)[C@H](C2=O)[C@@H]1C. The van der Waals surface area contributed by atoms with Crippen molar-refractivity contribution >= 4 is 5.78 Å². The molecule has 0 spiro atoms. The van der Waals surface area contributed by atoms with Crippen LogP contribution in [0.2, 0.25) is 0 Å². The molecule has 4 rings (SSSR count). The van der Waals surface area contributed by atoms with Crippen LogP contribution in [0.4, 0.5) is 0 Å². The van der Waals surface area contributed by atoms with Crippen molar-refractivity contribution in [3.63, 3.8) is 0 Å². The summed E-state index contributed by atoms with van der Waals surface area (Å²) >= 11 is 0. The van der Waals surface area contributed by atoms with Crippen molar-refractivity contribution < 1.29 is 9.53 Å². The molecule has 1 saturated heterocycles. The van der Waals surface area contributed by atoms with E-state index in [4.69, 9.17) is 4.74 Å². The van der Waals surface area contributed by atoms with Crippen molar-refractivity contribution in [2.75, 3.05) is 26.8 Å². The van der Waals surface area contributed by atoms with Gasteiger partial charge in [0.15, 0.2) is 5.78 Å². The summed E-state index contributed by atoms with van der Waals surface area (Å²) in [6.07, 6.45) is 8.33. The summed E-state index contributed by atoms with van der Waals surface area (Å²) < 4.78 is 5.20. The predicted molar refractivity (Wildman–Crippen MR) is 114 cm³/mol. The summed E-state index contributed by atoms with van der Waals surface area (Å²) in [6, 6.07) is 4.70. The number of likely N-dealkylation sites (tertiary alicyclic amines) is 1. The van der Waals surface area contributed by atoms with Gasteiger partial charge in [-0.2, -0.15) is 0 Å². The third-order valence-electron chi connectivity index (χ3n) is 7.87. The fraction of sp³-hybridized carbons (Fsp3) is 0.720. The van der Waals surface area contributed by atoms with Crippen LogP contribution in [-0.4, -0.2) is 43.5 Å². The molecule has 3 aliphatic rings. The average Bonchev–Trinajstić information content (AvgIpc) is 3.49. The van der Waals surface area contributed by atoms with Gasteiger partial charge in [0.1, 0.15) is 0 Å². The Bertz CT molecular complexity index is 738. The zero-order chi connectivity index (χ0) is 19.9. The number of methoxy groups -OCH3 is 1. The van der Waals surface area contributed by atoms with Gasteiger partial charge in [0.05, 0.1) is 6.04 Å². The number of benzene rings is 1. The highest BCUT2D eigenvalue weighted by atomic mass is 16.5. The minimum Gasteiger partial charge on any atom is -0.385 e. The number of carbonyl (C=O) groups is 1. The molecule has 0 amide bonds. The van der Waals surface area contributed by atoms with Gasteiger partial charge in [-0.25, -0.2) is 0 Å². The molecule has 1 heterocycles. The van der Waals surface area contributed by atoms with E-state index in [0.29, 0.717) is 11.7 Å². The number of Topliss-reactive ketones (excluding diaryl/α,β-unsaturated/α-hetero) is 1. The largest absolute Gasteiger partial charge is 0.385 e. The highest BCUT2D eigenvalue weighted by Gasteiger charge is 2.51. The molecule has 0 radical (unpaired) electrons. The van der Waals surface area contributed by atoms with Crippen molar-refractivity contribution in [2.24, 2.45) is 11.8 Å². The Balaban J connectivity index is 1.68. The van der Waals surface area contributed by atoms with E-state index < -0.39 is 0 Å². The zero-order valence-electron chi connectivity index (χ0n) is 18.2. The fourth-order valence-electron chi connectivity index (χ4n) is 5.71. The van der Waals surface area contributed by atoms with Crippen molar-refractivity contribution in [3.8, 4) is 0 Å². The monoisotopic (exact) mass is 383 g/mol. The number of ether oxygens (including phenoxy) is 1. The van der Waals surface area contributed by atoms with Gasteiger partial charge in [0.25, 0.3) is 0 Å². The summed E-state index contributed by atoms with van der Waals surface area (Å²) in [6.45, 7) is 10.0. The predicted octanol–water partition coefficient (Wildman–Crippen LogP) is 4.93. The maximum absolute atomic E-state index is 13.7. The number of rotatable bonds is 7. The summed E-state index contributed by atoms with van der Waals surface area (Å²) in [5.41, 5.74) is 5.18. The number of hydrogen-bond acceptors (Lipinski definition) is 3. The molecule has 2 bridgehead atoms. The molecule has 28 heavy (non-hydrogen) atoms. The highest BCUT2D eigenvalue weighted by molar-refractivity contribution is 6.03. The molecule has 1 aromatic rings. The Morgan fingerprint density at radius 2 is 2.04 bits per heavy atom. The van der Waals surface area contributed by atoms with E-state index in [1.165, 1.54) is 42.4 Å². The van der Waals surface area contributed by atoms with Gasteiger partial charge < -0.3 is 4.74 Å². The number of ketones is 1. The molecule has 0 N–H and O–H groups in total. The van der Waals surface area contributed by atoms with E-state index in [9.17, 15) is 4.79 Å². The molecule has 1 aromatic carbocycles. The average molecular weight is 384 g/mol. The van der Waals surface area contributed by atoms with Gasteiger partial charge in [0, 0.05) is 25.8 Å². The molecule has 2 fully saturated rings. The standard InChI is InChI=1S/C25H37NO2/c1-17-14-22-21(15-20(17)8-5-6-13-28-4)24(27)23-18(2)25(22,3)11-7-12-26(23)16-19-9-10-19/h14-15,18-19,23H,5-13,16H2,1-4H3/t18-,23-,25+/m0/s1. The first-order chi connectivity index (χ1) is 13.5. The zero-order valence-corrected chi connectivity index (χ0v) is 18.2. The van der Waals surface area contributed by atoms with Crippen LogP contribution in [0.3, 0.4) is 0 Å². The quantitative estimate of drug-likeness (QED) is 0.625. The van der Waals surface area contributed by atoms with Crippen molar-refractivity contribution in [3.05, 3.63) is 34.4 Å². The molecule has 1 saturated carbocycles. The molecule has 0 unspecified atom stereocenters. The number of hydrogen-bond donors (Lipinski definition) is 0. The van der Waals surface area contributed by atoms with Gasteiger partial charge in [-0.15, -0.1) is 0 Å². The van der Waals surface area contributed by atoms with E-state index in [1.54, 1.807) is 7.11 Å². The molecule has 3 heteroatoms. The Hall–Kier alpha value is -1.19. The van der Waals surface area contributed by atoms with Gasteiger partial charge in [-0.05, 0) is 98.4 Å². The van der Waals surface area contributed by atoms with Gasteiger partial charge >= 0.3 is 0 Å². The van der Waals surface area contributed by atoms with E-state index in [2.05, 4.69) is 37.8 Å². The first kappa shape index (κ1) is 20.1. The Morgan fingerprint density at radius 3 is 2.75 bits per heavy atom. The molecular weight excluding hydrogens is 346 g/mol. The van der Waals surface area contributed by atoms with Crippen LogP contribution in [0.5, 0.6) is 0 Å². The lowest BCUT2D eigenvalue weighted by atomic mass is 9.60. The Morgan fingerprint density at radius 1 is 1.25 bits per heavy atom. The molecule has 154 valence electrons. The van der Waals surface area contributed by atoms with Crippen LogP contribution in [-0.2, 0) is 16.6 Å². The second kappa shape index (κ2) is 7.91. The van der Waals surface area contributed by atoms with Gasteiger partial charge in [0.2, 0.25) is 0 Å². The lowest BCUT2D eigenvalue weighted by molar-refractivity contribution is 0.0642. The maximum atomic E-state index is 13.7. The summed E-state index contributed by atoms with van der Waals surface area (Å²) in [5.74, 6) is 1.61. The Kier molecular flexibility index (Phi) is 5.68. The van der Waals surface area contributed by atoms with E-state index in [0.717, 1.165) is 50.4 Å². The fourth-order valence-corrected chi connectivity index (χ4v) is 5.71. The van der Waals surface area contributed by atoms with Crippen molar-refractivity contribution in [1.29, 1.82) is 0 Å². The topological polar surface area (TPSA) is 29.5 Å². The molecule has 3 atom stereocenters. The molecular formula is C25H37NO2.